The number of rotatable bonds is 2. The van der Waals surface area contributed by atoms with Crippen LogP contribution in [0.4, 0.5) is 16.2 Å². The first-order valence-electron chi connectivity index (χ1n) is 5.09. The lowest BCUT2D eigenvalue weighted by Gasteiger charge is -2.09. The zero-order chi connectivity index (χ0) is 10.8. The molecule has 4 heteroatoms. The van der Waals surface area contributed by atoms with Crippen molar-refractivity contribution in [2.24, 2.45) is 0 Å². The molecule has 0 atom stereocenters. The normalized spacial score (nSPS) is 14.7. The zero-order valence-corrected chi connectivity index (χ0v) is 8.71. The Balaban J connectivity index is 2.01. The molecule has 1 aliphatic carbocycles. The van der Waals surface area contributed by atoms with Crippen molar-refractivity contribution in [3.05, 3.63) is 23.8 Å². The molecule has 4 N–H and O–H groups in total. The number of hydrogen-bond donors (Lipinski definition) is 3. The molecule has 1 saturated carbocycles. The summed E-state index contributed by atoms with van der Waals surface area (Å²) in [5.74, 6) is 0. The van der Waals surface area contributed by atoms with Crippen LogP contribution >= 0.6 is 0 Å². The molecule has 0 spiro atoms. The van der Waals surface area contributed by atoms with E-state index in [2.05, 4.69) is 10.6 Å². The average molecular weight is 205 g/mol. The third-order valence-corrected chi connectivity index (χ3v) is 2.37. The molecule has 2 rings (SSSR count). The molecule has 0 aromatic heterocycles. The van der Waals surface area contributed by atoms with Crippen LogP contribution in [0.15, 0.2) is 18.2 Å². The van der Waals surface area contributed by atoms with Crippen LogP contribution in [0, 0.1) is 6.92 Å². The van der Waals surface area contributed by atoms with Gasteiger partial charge in [-0.25, -0.2) is 4.79 Å². The summed E-state index contributed by atoms with van der Waals surface area (Å²) in [7, 11) is 0. The van der Waals surface area contributed by atoms with Crippen LogP contribution in [0.1, 0.15) is 18.4 Å². The molecule has 1 aliphatic rings. The van der Waals surface area contributed by atoms with Crippen LogP contribution in [0.2, 0.25) is 0 Å². The highest BCUT2D eigenvalue weighted by atomic mass is 16.2. The van der Waals surface area contributed by atoms with Gasteiger partial charge < -0.3 is 16.4 Å². The highest BCUT2D eigenvalue weighted by Gasteiger charge is 2.23. The minimum atomic E-state index is -0.171. The van der Waals surface area contributed by atoms with Crippen LogP contribution in [0.3, 0.4) is 0 Å². The number of carbonyl (C=O) groups excluding carboxylic acids is 1. The predicted molar refractivity (Wildman–Crippen MR) is 60.8 cm³/mol. The lowest BCUT2D eigenvalue weighted by molar-refractivity contribution is 0.251. The summed E-state index contributed by atoms with van der Waals surface area (Å²) in [5, 5.41) is 5.59. The number of nitrogens with one attached hydrogen (secondary N) is 2. The van der Waals surface area contributed by atoms with Gasteiger partial charge in [-0.05, 0) is 37.5 Å². The van der Waals surface area contributed by atoms with Gasteiger partial charge in [0.25, 0.3) is 0 Å². The number of benzene rings is 1. The SMILES string of the molecule is Cc1ccc(N)c(NC(=O)NC2CC2)c1. The summed E-state index contributed by atoms with van der Waals surface area (Å²) >= 11 is 0. The highest BCUT2D eigenvalue weighted by Crippen LogP contribution is 2.21. The van der Waals surface area contributed by atoms with E-state index in [1.54, 1.807) is 6.07 Å². The summed E-state index contributed by atoms with van der Waals surface area (Å²) in [6.07, 6.45) is 2.16. The molecular formula is C11H15N3O. The molecule has 1 aromatic carbocycles. The van der Waals surface area contributed by atoms with E-state index in [1.807, 2.05) is 19.1 Å². The Bertz CT molecular complexity index is 385. The Kier molecular flexibility index (Phi) is 2.49. The number of nitrogens with two attached hydrogens (primary N) is 1. The van der Waals surface area contributed by atoms with Crippen LogP contribution in [-0.2, 0) is 0 Å². The number of carbonyl (C=O) groups is 1. The molecule has 0 aliphatic heterocycles. The van der Waals surface area contributed by atoms with Gasteiger partial charge in [-0.3, -0.25) is 0 Å². The molecule has 0 bridgehead atoms. The minimum absolute atomic E-state index is 0.171. The van der Waals surface area contributed by atoms with E-state index in [0.29, 0.717) is 17.4 Å². The predicted octanol–water partition coefficient (Wildman–Crippen LogP) is 1.86. The molecule has 1 aromatic rings. The monoisotopic (exact) mass is 205 g/mol. The lowest BCUT2D eigenvalue weighted by Crippen LogP contribution is -2.30. The van der Waals surface area contributed by atoms with Crippen molar-refractivity contribution in [3.8, 4) is 0 Å². The topological polar surface area (TPSA) is 67.1 Å². The third-order valence-electron chi connectivity index (χ3n) is 2.37. The molecular weight excluding hydrogens is 190 g/mol. The molecule has 0 radical (unpaired) electrons. The third kappa shape index (κ3) is 2.62. The fraction of sp³-hybridized carbons (Fsp3) is 0.364. The number of anilines is 2. The summed E-state index contributed by atoms with van der Waals surface area (Å²) in [6.45, 7) is 1.96. The van der Waals surface area contributed by atoms with Gasteiger partial charge in [0.05, 0.1) is 11.4 Å². The van der Waals surface area contributed by atoms with Crippen LogP contribution < -0.4 is 16.4 Å². The second kappa shape index (κ2) is 3.81. The average Bonchev–Trinajstić information content (AvgIpc) is 2.95. The quantitative estimate of drug-likeness (QED) is 0.645. The van der Waals surface area contributed by atoms with E-state index in [0.717, 1.165) is 18.4 Å². The van der Waals surface area contributed by atoms with E-state index in [1.165, 1.54) is 0 Å². The van der Waals surface area contributed by atoms with E-state index < -0.39 is 0 Å². The Labute approximate surface area is 88.9 Å². The Morgan fingerprint density at radius 1 is 1.47 bits per heavy atom. The number of amides is 2. The molecule has 80 valence electrons. The van der Waals surface area contributed by atoms with Gasteiger partial charge >= 0.3 is 6.03 Å². The molecule has 0 heterocycles. The van der Waals surface area contributed by atoms with Crippen LogP contribution in [-0.4, -0.2) is 12.1 Å². The van der Waals surface area contributed by atoms with Gasteiger partial charge in [-0.1, -0.05) is 6.07 Å². The van der Waals surface area contributed by atoms with Crippen LogP contribution in [0.5, 0.6) is 0 Å². The van der Waals surface area contributed by atoms with Crippen LogP contribution in [0.25, 0.3) is 0 Å². The number of nitrogen functional groups attached to an aromatic ring is 1. The van der Waals surface area contributed by atoms with Crippen molar-refractivity contribution in [1.82, 2.24) is 5.32 Å². The van der Waals surface area contributed by atoms with E-state index in [-0.39, 0.29) is 6.03 Å². The van der Waals surface area contributed by atoms with Gasteiger partial charge in [-0.15, -0.1) is 0 Å². The molecule has 4 nitrogen and oxygen atoms in total. The van der Waals surface area contributed by atoms with Crippen molar-refractivity contribution in [3.63, 3.8) is 0 Å². The Morgan fingerprint density at radius 3 is 2.87 bits per heavy atom. The number of urea groups is 1. The van der Waals surface area contributed by atoms with E-state index in [9.17, 15) is 4.79 Å². The van der Waals surface area contributed by atoms with Gasteiger partial charge in [0.15, 0.2) is 0 Å². The zero-order valence-electron chi connectivity index (χ0n) is 8.71. The number of hydrogen-bond acceptors (Lipinski definition) is 2. The highest BCUT2D eigenvalue weighted by molar-refractivity contribution is 5.93. The van der Waals surface area contributed by atoms with E-state index in [4.69, 9.17) is 5.73 Å². The summed E-state index contributed by atoms with van der Waals surface area (Å²) in [5.41, 5.74) is 8.08. The Morgan fingerprint density at radius 2 is 2.20 bits per heavy atom. The molecule has 1 fully saturated rings. The maximum atomic E-state index is 11.4. The first kappa shape index (κ1) is 9.83. The second-order valence-electron chi connectivity index (χ2n) is 3.96. The summed E-state index contributed by atoms with van der Waals surface area (Å²) < 4.78 is 0. The lowest BCUT2D eigenvalue weighted by atomic mass is 10.2. The maximum Gasteiger partial charge on any atom is 0.319 e. The van der Waals surface area contributed by atoms with Crippen molar-refractivity contribution in [1.29, 1.82) is 0 Å². The number of aryl methyl sites for hydroxylation is 1. The van der Waals surface area contributed by atoms with Crippen molar-refractivity contribution < 1.29 is 4.79 Å². The fourth-order valence-electron chi connectivity index (χ4n) is 1.35. The summed E-state index contributed by atoms with van der Waals surface area (Å²) in [6, 6.07) is 5.76. The van der Waals surface area contributed by atoms with Gasteiger partial charge in [0.1, 0.15) is 0 Å². The standard InChI is InChI=1S/C11H15N3O/c1-7-2-5-9(12)10(6-7)14-11(15)13-8-3-4-8/h2,5-6,8H,3-4,12H2,1H3,(H2,13,14,15). The van der Waals surface area contributed by atoms with Gasteiger partial charge in [0.2, 0.25) is 0 Å². The first-order valence-corrected chi connectivity index (χ1v) is 5.09. The molecule has 0 saturated heterocycles. The van der Waals surface area contributed by atoms with Gasteiger partial charge in [-0.2, -0.15) is 0 Å². The van der Waals surface area contributed by atoms with Crippen molar-refractivity contribution in [2.75, 3.05) is 11.1 Å². The van der Waals surface area contributed by atoms with Gasteiger partial charge in [0, 0.05) is 6.04 Å². The maximum absolute atomic E-state index is 11.4. The largest absolute Gasteiger partial charge is 0.397 e. The summed E-state index contributed by atoms with van der Waals surface area (Å²) in [4.78, 5) is 11.4. The van der Waals surface area contributed by atoms with Crippen molar-refractivity contribution in [2.45, 2.75) is 25.8 Å². The molecule has 15 heavy (non-hydrogen) atoms. The fourth-order valence-corrected chi connectivity index (χ4v) is 1.35. The smallest absolute Gasteiger partial charge is 0.319 e. The molecule has 2 amide bonds. The minimum Gasteiger partial charge on any atom is -0.397 e. The Hall–Kier alpha value is -1.71. The second-order valence-corrected chi connectivity index (χ2v) is 3.96. The molecule has 0 unspecified atom stereocenters. The van der Waals surface area contributed by atoms with Crippen molar-refractivity contribution >= 4 is 17.4 Å². The first-order chi connectivity index (χ1) is 7.15. The van der Waals surface area contributed by atoms with E-state index >= 15 is 0 Å².